The first kappa shape index (κ1) is 18.7. The van der Waals surface area contributed by atoms with E-state index in [1.165, 1.54) is 33.3 Å². The highest BCUT2D eigenvalue weighted by Crippen LogP contribution is 2.53. The average Bonchev–Trinajstić information content (AvgIpc) is 2.93. The summed E-state index contributed by atoms with van der Waals surface area (Å²) < 4.78 is 21.6. The molecule has 0 saturated carbocycles. The first-order valence-corrected chi connectivity index (χ1v) is 8.69. The fourth-order valence-corrected chi connectivity index (χ4v) is 4.32. The molecular weight excluding hydrogens is 372 g/mol. The van der Waals surface area contributed by atoms with E-state index in [1.807, 2.05) is 0 Å². The van der Waals surface area contributed by atoms with Gasteiger partial charge in [0.05, 0.1) is 12.7 Å². The van der Waals surface area contributed by atoms with Gasteiger partial charge in [-0.15, -0.1) is 0 Å². The second-order valence-electron chi connectivity index (χ2n) is 7.40. The second-order valence-corrected chi connectivity index (χ2v) is 7.40. The Morgan fingerprint density at radius 1 is 1.21 bits per heavy atom. The maximum Gasteiger partial charge on any atom is 0.347 e. The van der Waals surface area contributed by atoms with Crippen LogP contribution in [0.2, 0.25) is 0 Å². The number of phenolic OH excluding ortho intramolecular Hbond substituents is 1. The number of carbonyl (C=O) groups excluding carboxylic acids is 1. The number of aliphatic hydroxyl groups excluding tert-OH is 1. The first-order chi connectivity index (χ1) is 13.1. The summed E-state index contributed by atoms with van der Waals surface area (Å²) in [4.78, 5) is 24.7. The lowest BCUT2D eigenvalue weighted by Gasteiger charge is -2.44. The molecule has 9 heteroatoms. The first-order valence-electron chi connectivity index (χ1n) is 8.69. The summed E-state index contributed by atoms with van der Waals surface area (Å²) in [5.41, 5.74) is -3.82. The van der Waals surface area contributed by atoms with Gasteiger partial charge in [0.1, 0.15) is 23.0 Å². The van der Waals surface area contributed by atoms with Gasteiger partial charge in [0.2, 0.25) is 0 Å². The van der Waals surface area contributed by atoms with Crippen molar-refractivity contribution in [1.29, 1.82) is 0 Å². The summed E-state index contributed by atoms with van der Waals surface area (Å²) >= 11 is 0. The zero-order valence-electron chi connectivity index (χ0n) is 15.5. The summed E-state index contributed by atoms with van der Waals surface area (Å²) in [7, 11) is 2.77. The van der Waals surface area contributed by atoms with E-state index >= 15 is 0 Å². The summed E-state index contributed by atoms with van der Waals surface area (Å²) in [6.07, 6.45) is -2.49. The number of carbonyl (C=O) groups is 1. The van der Waals surface area contributed by atoms with Gasteiger partial charge < -0.3 is 33.9 Å². The minimum atomic E-state index is -1.57. The molecule has 0 bridgehead atoms. The van der Waals surface area contributed by atoms with Crippen molar-refractivity contribution < 1.29 is 38.7 Å². The molecule has 4 unspecified atom stereocenters. The molecule has 1 fully saturated rings. The van der Waals surface area contributed by atoms with Crippen LogP contribution in [0.15, 0.2) is 21.3 Å². The Hall–Kier alpha value is -2.62. The molecule has 9 nitrogen and oxygen atoms in total. The number of benzene rings is 1. The highest BCUT2D eigenvalue weighted by molar-refractivity contribution is 5.92. The molecule has 1 aliphatic heterocycles. The molecule has 2 aromatic rings. The number of aromatic hydroxyl groups is 1. The number of fused-ring (bicyclic) bond motifs is 4. The molecule has 4 rings (SSSR count). The fraction of sp³-hybridized carbons (Fsp3) is 0.474. The number of aliphatic hydroxyl groups is 2. The Balaban J connectivity index is 2.14. The van der Waals surface area contributed by atoms with Crippen molar-refractivity contribution in [3.8, 4) is 11.5 Å². The van der Waals surface area contributed by atoms with Gasteiger partial charge in [-0.25, -0.2) is 9.59 Å². The third kappa shape index (κ3) is 2.36. The van der Waals surface area contributed by atoms with Crippen LogP contribution in [0, 0.1) is 0 Å². The Labute approximate surface area is 159 Å². The number of hydrogen-bond acceptors (Lipinski definition) is 9. The van der Waals surface area contributed by atoms with Crippen molar-refractivity contribution in [3.63, 3.8) is 0 Å². The highest BCUT2D eigenvalue weighted by Gasteiger charge is 2.62. The van der Waals surface area contributed by atoms with Crippen LogP contribution in [-0.2, 0) is 25.5 Å². The van der Waals surface area contributed by atoms with Crippen molar-refractivity contribution in [2.75, 3.05) is 14.2 Å². The van der Waals surface area contributed by atoms with E-state index in [0.29, 0.717) is 0 Å². The summed E-state index contributed by atoms with van der Waals surface area (Å²) in [6, 6.07) is 2.75. The molecular formula is C19H20O9. The van der Waals surface area contributed by atoms with Gasteiger partial charge in [-0.05, 0) is 13.0 Å². The van der Waals surface area contributed by atoms with Crippen LogP contribution in [0.25, 0.3) is 10.8 Å². The fourth-order valence-electron chi connectivity index (χ4n) is 4.32. The van der Waals surface area contributed by atoms with Gasteiger partial charge >= 0.3 is 11.6 Å². The van der Waals surface area contributed by atoms with Gasteiger partial charge in [0.15, 0.2) is 17.5 Å². The van der Waals surface area contributed by atoms with Crippen molar-refractivity contribution in [2.45, 2.75) is 43.2 Å². The quantitative estimate of drug-likeness (QED) is 0.629. The molecule has 0 radical (unpaired) electrons. The zero-order chi connectivity index (χ0) is 20.4. The predicted octanol–water partition coefficient (Wildman–Crippen LogP) is 0.636. The normalized spacial score (nSPS) is 31.8. The van der Waals surface area contributed by atoms with Crippen molar-refractivity contribution in [1.82, 2.24) is 0 Å². The van der Waals surface area contributed by atoms with Crippen LogP contribution in [0.1, 0.15) is 31.1 Å². The van der Waals surface area contributed by atoms with Gasteiger partial charge in [0.25, 0.3) is 0 Å². The third-order valence-electron chi connectivity index (χ3n) is 5.58. The Kier molecular flexibility index (Phi) is 3.97. The lowest BCUT2D eigenvalue weighted by Crippen LogP contribution is -2.51. The van der Waals surface area contributed by atoms with Gasteiger partial charge in [-0.3, -0.25) is 0 Å². The topological polar surface area (TPSA) is 136 Å². The lowest BCUT2D eigenvalue weighted by atomic mass is 9.71. The standard InChI is InChI=1S/C19H20O9/c1-18(24)7-12(26-3)19(6-11(21)16(22)28-19)15-14(18)9-4-8(25-2)5-10(20)13(9)17(23)27-15/h4-5,11-12,20-21,24H,6-7H2,1-3H3. The van der Waals surface area contributed by atoms with E-state index in [9.17, 15) is 24.9 Å². The lowest BCUT2D eigenvalue weighted by molar-refractivity contribution is -0.182. The SMILES string of the molecule is COc1cc(O)c2c(=O)oc3c(c2c1)C(C)(O)CC(OC)C31CC(O)C(=O)O1. The summed E-state index contributed by atoms with van der Waals surface area (Å²) in [5, 5.41) is 31.6. The van der Waals surface area contributed by atoms with E-state index < -0.39 is 35.0 Å². The summed E-state index contributed by atoms with van der Waals surface area (Å²) in [5.74, 6) is -1.08. The van der Waals surface area contributed by atoms with Crippen molar-refractivity contribution in [2.24, 2.45) is 0 Å². The van der Waals surface area contributed by atoms with Crippen LogP contribution in [0.3, 0.4) is 0 Å². The minimum absolute atomic E-state index is 0.00268. The Morgan fingerprint density at radius 3 is 2.50 bits per heavy atom. The van der Waals surface area contributed by atoms with Crippen LogP contribution in [0.4, 0.5) is 0 Å². The predicted molar refractivity (Wildman–Crippen MR) is 94.1 cm³/mol. The molecule has 2 aliphatic rings. The number of esters is 1. The maximum atomic E-state index is 12.7. The highest BCUT2D eigenvalue weighted by atomic mass is 16.6. The Morgan fingerprint density at radius 2 is 1.93 bits per heavy atom. The average molecular weight is 392 g/mol. The minimum Gasteiger partial charge on any atom is -0.507 e. The monoisotopic (exact) mass is 392 g/mol. The number of hydrogen-bond donors (Lipinski definition) is 3. The van der Waals surface area contributed by atoms with Crippen LogP contribution in [-0.4, -0.2) is 47.7 Å². The molecule has 1 spiro atoms. The zero-order valence-corrected chi connectivity index (χ0v) is 15.5. The summed E-state index contributed by atoms with van der Waals surface area (Å²) in [6.45, 7) is 1.51. The van der Waals surface area contributed by atoms with Gasteiger partial charge in [-0.1, -0.05) is 0 Å². The molecule has 1 saturated heterocycles. The van der Waals surface area contributed by atoms with E-state index in [-0.39, 0.29) is 46.4 Å². The molecule has 1 aromatic heterocycles. The van der Waals surface area contributed by atoms with E-state index in [2.05, 4.69) is 0 Å². The molecule has 2 heterocycles. The van der Waals surface area contributed by atoms with E-state index in [4.69, 9.17) is 18.6 Å². The molecule has 0 amide bonds. The van der Waals surface area contributed by atoms with E-state index in [1.54, 1.807) is 0 Å². The van der Waals surface area contributed by atoms with Crippen LogP contribution < -0.4 is 10.4 Å². The maximum absolute atomic E-state index is 12.7. The molecule has 28 heavy (non-hydrogen) atoms. The van der Waals surface area contributed by atoms with Crippen LogP contribution in [0.5, 0.6) is 11.5 Å². The Bertz CT molecular complexity index is 1040. The number of methoxy groups -OCH3 is 2. The van der Waals surface area contributed by atoms with Crippen molar-refractivity contribution in [3.05, 3.63) is 33.9 Å². The molecule has 1 aromatic carbocycles. The molecule has 150 valence electrons. The van der Waals surface area contributed by atoms with Crippen molar-refractivity contribution >= 4 is 16.7 Å². The third-order valence-corrected chi connectivity index (χ3v) is 5.58. The number of ether oxygens (including phenoxy) is 3. The smallest absolute Gasteiger partial charge is 0.347 e. The number of phenols is 1. The second kappa shape index (κ2) is 5.94. The van der Waals surface area contributed by atoms with Crippen LogP contribution >= 0.6 is 0 Å². The van der Waals surface area contributed by atoms with Gasteiger partial charge in [-0.2, -0.15) is 0 Å². The van der Waals surface area contributed by atoms with E-state index in [0.717, 1.165) is 0 Å². The largest absolute Gasteiger partial charge is 0.507 e. The molecule has 3 N–H and O–H groups in total. The molecule has 4 atom stereocenters. The van der Waals surface area contributed by atoms with Gasteiger partial charge in [0, 0.05) is 37.0 Å². The molecule has 1 aliphatic carbocycles. The number of rotatable bonds is 2.